The van der Waals surface area contributed by atoms with E-state index in [1.807, 2.05) is 0 Å². The van der Waals surface area contributed by atoms with Gasteiger partial charge in [-0.25, -0.2) is 18.0 Å². The van der Waals surface area contributed by atoms with Crippen LogP contribution in [0.4, 0.5) is 16.2 Å². The molecule has 0 spiro atoms. The monoisotopic (exact) mass is 488 g/mol. The Labute approximate surface area is 199 Å². The number of hydrogen-bond donors (Lipinski definition) is 1. The molecule has 0 aromatic heterocycles. The van der Waals surface area contributed by atoms with Crippen LogP contribution in [-0.4, -0.2) is 56.1 Å². The first kappa shape index (κ1) is 25.2. The zero-order chi connectivity index (χ0) is 24.9. The van der Waals surface area contributed by atoms with Crippen molar-refractivity contribution >= 4 is 39.2 Å². The second kappa shape index (κ2) is 10.3. The number of para-hydroxylation sites is 1. The summed E-state index contributed by atoms with van der Waals surface area (Å²) in [7, 11) is -3.23. The highest BCUT2D eigenvalue weighted by Crippen LogP contribution is 2.25. The van der Waals surface area contributed by atoms with Gasteiger partial charge in [0.25, 0.3) is 5.91 Å². The summed E-state index contributed by atoms with van der Waals surface area (Å²) in [6.07, 6.45) is -0.354. The fourth-order valence-electron chi connectivity index (χ4n) is 3.55. The summed E-state index contributed by atoms with van der Waals surface area (Å²) < 4.78 is 34.4. The second-order valence-electron chi connectivity index (χ2n) is 8.94. The third-order valence-electron chi connectivity index (χ3n) is 4.95. The van der Waals surface area contributed by atoms with Gasteiger partial charge < -0.3 is 14.4 Å². The summed E-state index contributed by atoms with van der Waals surface area (Å²) >= 11 is 0. The molecule has 0 saturated carbocycles. The number of sulfone groups is 1. The molecule has 182 valence electrons. The molecule has 1 N–H and O–H groups in total. The third-order valence-corrected chi connectivity index (χ3v) is 6.70. The molecule has 0 radical (unpaired) electrons. The van der Waals surface area contributed by atoms with Gasteiger partial charge in [0.1, 0.15) is 5.60 Å². The smallest absolute Gasteiger partial charge is 0.412 e. The number of benzene rings is 2. The lowest BCUT2D eigenvalue weighted by Crippen LogP contribution is -2.43. The van der Waals surface area contributed by atoms with Crippen LogP contribution in [0.15, 0.2) is 54.6 Å². The topological polar surface area (TPSA) is 119 Å². The van der Waals surface area contributed by atoms with E-state index in [9.17, 15) is 22.8 Å². The summed E-state index contributed by atoms with van der Waals surface area (Å²) in [6.45, 7) is 4.64. The Morgan fingerprint density at radius 2 is 1.76 bits per heavy atom. The van der Waals surface area contributed by atoms with Gasteiger partial charge in [0.05, 0.1) is 23.1 Å². The van der Waals surface area contributed by atoms with Crippen molar-refractivity contribution in [1.29, 1.82) is 0 Å². The molecule has 1 aliphatic rings. The molecule has 0 aliphatic carbocycles. The number of carbonyl (C=O) groups excluding carboxylic acids is 3. The minimum atomic E-state index is -3.23. The predicted octanol–water partition coefficient (Wildman–Crippen LogP) is 3.41. The molecule has 1 unspecified atom stereocenters. The van der Waals surface area contributed by atoms with Crippen LogP contribution < -0.4 is 10.2 Å². The van der Waals surface area contributed by atoms with Gasteiger partial charge in [-0.15, -0.1) is 0 Å². The largest absolute Gasteiger partial charge is 0.452 e. The maximum absolute atomic E-state index is 13.0. The summed E-state index contributed by atoms with van der Waals surface area (Å²) in [5.74, 6) is -1.41. The summed E-state index contributed by atoms with van der Waals surface area (Å²) in [5, 5.41) is 2.54. The van der Waals surface area contributed by atoms with Crippen LogP contribution in [0, 0.1) is 0 Å². The quantitative estimate of drug-likeness (QED) is 0.619. The molecule has 1 atom stereocenters. The van der Waals surface area contributed by atoms with Gasteiger partial charge in [0.2, 0.25) is 0 Å². The van der Waals surface area contributed by atoms with E-state index in [4.69, 9.17) is 9.47 Å². The van der Waals surface area contributed by atoms with E-state index in [2.05, 4.69) is 5.32 Å². The zero-order valence-electron chi connectivity index (χ0n) is 19.3. The molecule has 1 saturated heterocycles. The number of amides is 2. The zero-order valence-corrected chi connectivity index (χ0v) is 20.1. The number of esters is 1. The van der Waals surface area contributed by atoms with Gasteiger partial charge in [-0.2, -0.15) is 0 Å². The molecular formula is C24H28N2O7S. The minimum absolute atomic E-state index is 0.00546. The van der Waals surface area contributed by atoms with Gasteiger partial charge in [0, 0.05) is 11.4 Å². The number of ether oxygens (including phenoxy) is 2. The molecular weight excluding hydrogens is 460 g/mol. The van der Waals surface area contributed by atoms with Crippen molar-refractivity contribution in [3.8, 4) is 0 Å². The lowest BCUT2D eigenvalue weighted by Gasteiger charge is -2.28. The Bertz CT molecular complexity index is 1160. The van der Waals surface area contributed by atoms with Gasteiger partial charge in [-0.05, 0) is 57.5 Å². The van der Waals surface area contributed by atoms with Crippen LogP contribution in [0.5, 0.6) is 0 Å². The van der Waals surface area contributed by atoms with Gasteiger partial charge >= 0.3 is 12.1 Å². The van der Waals surface area contributed by atoms with Crippen LogP contribution in [0.2, 0.25) is 0 Å². The fraction of sp³-hybridized carbons (Fsp3) is 0.375. The molecule has 0 bridgehead atoms. The Hall–Kier alpha value is -3.40. The number of carbonyl (C=O) groups is 3. The van der Waals surface area contributed by atoms with Crippen LogP contribution in [0.25, 0.3) is 0 Å². The Kier molecular flexibility index (Phi) is 7.61. The van der Waals surface area contributed by atoms with E-state index in [0.29, 0.717) is 17.8 Å². The van der Waals surface area contributed by atoms with Gasteiger partial charge in [-0.1, -0.05) is 24.3 Å². The predicted molar refractivity (Wildman–Crippen MR) is 128 cm³/mol. The van der Waals surface area contributed by atoms with E-state index in [1.165, 1.54) is 17.0 Å². The number of anilines is 2. The van der Waals surface area contributed by atoms with E-state index in [0.717, 1.165) is 0 Å². The molecule has 3 rings (SSSR count). The highest BCUT2D eigenvalue weighted by molar-refractivity contribution is 7.91. The van der Waals surface area contributed by atoms with E-state index >= 15 is 0 Å². The lowest BCUT2D eigenvalue weighted by molar-refractivity contribution is -0.122. The molecule has 2 aromatic rings. The summed E-state index contributed by atoms with van der Waals surface area (Å²) in [4.78, 5) is 38.9. The number of nitrogens with one attached hydrogen (secondary N) is 1. The molecule has 1 aliphatic heterocycles. The van der Waals surface area contributed by atoms with Crippen LogP contribution in [0.1, 0.15) is 37.6 Å². The Morgan fingerprint density at radius 1 is 1.06 bits per heavy atom. The minimum Gasteiger partial charge on any atom is -0.452 e. The highest BCUT2D eigenvalue weighted by atomic mass is 32.2. The van der Waals surface area contributed by atoms with E-state index in [-0.39, 0.29) is 17.1 Å². The maximum atomic E-state index is 13.0. The maximum Gasteiger partial charge on any atom is 0.412 e. The van der Waals surface area contributed by atoms with Crippen molar-refractivity contribution in [3.05, 3.63) is 60.2 Å². The van der Waals surface area contributed by atoms with Crippen molar-refractivity contribution < 1.29 is 32.3 Å². The molecule has 1 heterocycles. The third kappa shape index (κ3) is 7.05. The van der Waals surface area contributed by atoms with Crippen molar-refractivity contribution in [2.45, 2.75) is 38.8 Å². The number of rotatable bonds is 6. The van der Waals surface area contributed by atoms with Crippen LogP contribution in [0.3, 0.4) is 0 Å². The van der Waals surface area contributed by atoms with Crippen LogP contribution in [-0.2, 0) is 24.1 Å². The van der Waals surface area contributed by atoms with Gasteiger partial charge in [-0.3, -0.25) is 10.1 Å². The molecule has 1 fully saturated rings. The SMILES string of the molecule is CC(C)(C)OC(=O)Nc1cccc(C(=O)OCC(=O)N(c2ccccc2)C2CCS(=O)(=O)C2)c1. The van der Waals surface area contributed by atoms with Crippen molar-refractivity contribution in [1.82, 2.24) is 0 Å². The van der Waals surface area contributed by atoms with Crippen LogP contribution >= 0.6 is 0 Å². The molecule has 34 heavy (non-hydrogen) atoms. The molecule has 9 nitrogen and oxygen atoms in total. The summed E-state index contributed by atoms with van der Waals surface area (Å²) in [6, 6.07) is 14.2. The van der Waals surface area contributed by atoms with Crippen molar-refractivity contribution in [2.24, 2.45) is 0 Å². The first-order chi connectivity index (χ1) is 15.9. The standard InChI is InChI=1S/C24H28N2O7S/c1-24(2,3)33-23(29)25-18-9-7-8-17(14-18)22(28)32-15-21(27)26(19-10-5-4-6-11-19)20-12-13-34(30,31)16-20/h4-11,14,20H,12-13,15-16H2,1-3H3,(H,25,29). The average Bonchev–Trinajstić information content (AvgIpc) is 3.10. The summed E-state index contributed by atoms with van der Waals surface area (Å²) in [5.41, 5.74) is 0.326. The first-order valence-corrected chi connectivity index (χ1v) is 12.6. The fourth-order valence-corrected chi connectivity index (χ4v) is 5.25. The number of hydrogen-bond acceptors (Lipinski definition) is 7. The van der Waals surface area contributed by atoms with Crippen molar-refractivity contribution in [3.63, 3.8) is 0 Å². The van der Waals surface area contributed by atoms with E-state index in [1.54, 1.807) is 63.2 Å². The Balaban J connectivity index is 1.67. The lowest BCUT2D eigenvalue weighted by atomic mass is 10.2. The second-order valence-corrected chi connectivity index (χ2v) is 11.2. The highest BCUT2D eigenvalue weighted by Gasteiger charge is 2.35. The Morgan fingerprint density at radius 3 is 2.38 bits per heavy atom. The molecule has 2 aromatic carbocycles. The van der Waals surface area contributed by atoms with Gasteiger partial charge in [0.15, 0.2) is 16.4 Å². The number of nitrogens with zero attached hydrogens (tertiary/aromatic N) is 1. The van der Waals surface area contributed by atoms with E-state index < -0.39 is 46.1 Å². The molecule has 10 heteroatoms. The average molecular weight is 489 g/mol. The van der Waals surface area contributed by atoms with Crippen molar-refractivity contribution in [2.75, 3.05) is 28.3 Å². The first-order valence-electron chi connectivity index (χ1n) is 10.8. The normalized spacial score (nSPS) is 17.0. The molecule has 2 amide bonds.